The van der Waals surface area contributed by atoms with Crippen LogP contribution in [0.2, 0.25) is 10.0 Å². The van der Waals surface area contributed by atoms with E-state index in [1.165, 1.54) is 18.3 Å². The minimum Gasteiger partial charge on any atom is -0.436 e. The maximum atomic E-state index is 12.9. The predicted molar refractivity (Wildman–Crippen MR) is 68.6 cm³/mol. The molecule has 18 heavy (non-hydrogen) atoms. The second-order valence-electron chi connectivity index (χ2n) is 3.47. The van der Waals surface area contributed by atoms with Crippen molar-refractivity contribution in [2.75, 3.05) is 0 Å². The maximum absolute atomic E-state index is 12.9. The zero-order valence-corrected chi connectivity index (χ0v) is 10.7. The van der Waals surface area contributed by atoms with Crippen molar-refractivity contribution in [2.45, 2.75) is 6.54 Å². The van der Waals surface area contributed by atoms with Crippen LogP contribution < -0.4 is 10.5 Å². The van der Waals surface area contributed by atoms with Gasteiger partial charge in [-0.15, -0.1) is 0 Å². The summed E-state index contributed by atoms with van der Waals surface area (Å²) in [7, 11) is 0. The van der Waals surface area contributed by atoms with Gasteiger partial charge in [0.25, 0.3) is 0 Å². The van der Waals surface area contributed by atoms with E-state index in [1.54, 1.807) is 6.07 Å². The number of pyridine rings is 1. The Bertz CT molecular complexity index is 578. The van der Waals surface area contributed by atoms with Crippen LogP contribution >= 0.6 is 23.2 Å². The van der Waals surface area contributed by atoms with Crippen molar-refractivity contribution in [1.82, 2.24) is 4.98 Å². The van der Waals surface area contributed by atoms with Gasteiger partial charge in [0.2, 0.25) is 5.88 Å². The molecule has 0 bridgehead atoms. The highest BCUT2D eigenvalue weighted by molar-refractivity contribution is 6.33. The first-order valence-electron chi connectivity index (χ1n) is 5.08. The molecule has 3 nitrogen and oxygen atoms in total. The largest absolute Gasteiger partial charge is 0.436 e. The summed E-state index contributed by atoms with van der Waals surface area (Å²) in [5.41, 5.74) is 6.23. The number of rotatable bonds is 3. The molecule has 0 saturated carbocycles. The summed E-state index contributed by atoms with van der Waals surface area (Å²) in [6.07, 6.45) is 1.53. The molecule has 0 saturated heterocycles. The van der Waals surface area contributed by atoms with E-state index >= 15 is 0 Å². The van der Waals surface area contributed by atoms with Crippen LogP contribution in [0.1, 0.15) is 5.56 Å². The molecule has 0 unspecified atom stereocenters. The van der Waals surface area contributed by atoms with Gasteiger partial charge >= 0.3 is 0 Å². The van der Waals surface area contributed by atoms with Crippen molar-refractivity contribution in [3.8, 4) is 11.6 Å². The predicted octanol–water partition coefficient (Wildman–Crippen LogP) is 3.78. The molecule has 94 valence electrons. The monoisotopic (exact) mass is 286 g/mol. The molecule has 0 amide bonds. The SMILES string of the molecule is NCc1ccnc(Oc2ccc(F)cc2Cl)c1Cl. The fraction of sp³-hybridized carbons (Fsp3) is 0.0833. The second kappa shape index (κ2) is 5.52. The highest BCUT2D eigenvalue weighted by atomic mass is 35.5. The third-order valence-corrected chi connectivity index (χ3v) is 2.96. The van der Waals surface area contributed by atoms with E-state index in [0.717, 1.165) is 6.07 Å². The van der Waals surface area contributed by atoms with Crippen molar-refractivity contribution in [2.24, 2.45) is 5.73 Å². The number of hydrogen-bond donors (Lipinski definition) is 1. The number of hydrogen-bond acceptors (Lipinski definition) is 3. The first-order valence-corrected chi connectivity index (χ1v) is 5.83. The van der Waals surface area contributed by atoms with Crippen LogP contribution in [0.4, 0.5) is 4.39 Å². The van der Waals surface area contributed by atoms with E-state index in [1.807, 2.05) is 0 Å². The van der Waals surface area contributed by atoms with E-state index in [-0.39, 0.29) is 23.2 Å². The zero-order chi connectivity index (χ0) is 13.1. The quantitative estimate of drug-likeness (QED) is 0.934. The van der Waals surface area contributed by atoms with Crippen LogP contribution in [0.15, 0.2) is 30.5 Å². The number of nitrogens with two attached hydrogens (primary N) is 1. The first-order chi connectivity index (χ1) is 8.61. The van der Waals surface area contributed by atoms with E-state index < -0.39 is 5.82 Å². The lowest BCUT2D eigenvalue weighted by Gasteiger charge is -2.09. The topological polar surface area (TPSA) is 48.1 Å². The zero-order valence-electron chi connectivity index (χ0n) is 9.16. The third kappa shape index (κ3) is 2.72. The number of nitrogens with zero attached hydrogens (tertiary/aromatic N) is 1. The van der Waals surface area contributed by atoms with Crippen LogP contribution in [0, 0.1) is 5.82 Å². The van der Waals surface area contributed by atoms with Crippen molar-refractivity contribution in [3.05, 3.63) is 51.9 Å². The van der Waals surface area contributed by atoms with Gasteiger partial charge in [0.05, 0.1) is 5.02 Å². The van der Waals surface area contributed by atoms with Gasteiger partial charge < -0.3 is 10.5 Å². The summed E-state index contributed by atoms with van der Waals surface area (Å²) < 4.78 is 18.3. The number of benzene rings is 1. The van der Waals surface area contributed by atoms with E-state index in [9.17, 15) is 4.39 Å². The van der Waals surface area contributed by atoms with Gasteiger partial charge in [-0.2, -0.15) is 0 Å². The highest BCUT2D eigenvalue weighted by Gasteiger charge is 2.11. The van der Waals surface area contributed by atoms with Crippen LogP contribution in [0.5, 0.6) is 11.6 Å². The van der Waals surface area contributed by atoms with E-state index in [2.05, 4.69) is 4.98 Å². The molecule has 0 atom stereocenters. The summed E-state index contributed by atoms with van der Waals surface area (Å²) in [6.45, 7) is 0.273. The van der Waals surface area contributed by atoms with Gasteiger partial charge in [-0.05, 0) is 29.8 Å². The Morgan fingerprint density at radius 1 is 1.28 bits per heavy atom. The van der Waals surface area contributed by atoms with Gasteiger partial charge in [-0.1, -0.05) is 23.2 Å². The standard InChI is InChI=1S/C12H9Cl2FN2O/c13-9-5-8(15)1-2-10(9)18-12-11(14)7(6-16)3-4-17-12/h1-5H,6,16H2. The first kappa shape index (κ1) is 13.1. The van der Waals surface area contributed by atoms with Gasteiger partial charge in [-0.3, -0.25) is 0 Å². The number of halogens is 3. The molecule has 0 spiro atoms. The van der Waals surface area contributed by atoms with Gasteiger partial charge in [0, 0.05) is 12.7 Å². The molecule has 1 heterocycles. The van der Waals surface area contributed by atoms with Gasteiger partial charge in [0.1, 0.15) is 16.6 Å². The van der Waals surface area contributed by atoms with Crippen molar-refractivity contribution in [3.63, 3.8) is 0 Å². The van der Waals surface area contributed by atoms with Crippen molar-refractivity contribution >= 4 is 23.2 Å². The van der Waals surface area contributed by atoms with Crippen molar-refractivity contribution < 1.29 is 9.13 Å². The molecule has 0 fully saturated rings. The Morgan fingerprint density at radius 2 is 2.06 bits per heavy atom. The fourth-order valence-corrected chi connectivity index (χ4v) is 1.79. The Hall–Kier alpha value is -1.36. The summed E-state index contributed by atoms with van der Waals surface area (Å²) in [5, 5.41) is 0.464. The van der Waals surface area contributed by atoms with Crippen LogP contribution in [-0.2, 0) is 6.54 Å². The third-order valence-electron chi connectivity index (χ3n) is 2.26. The second-order valence-corrected chi connectivity index (χ2v) is 4.26. The fourth-order valence-electron chi connectivity index (χ4n) is 1.35. The molecule has 0 aliphatic carbocycles. The van der Waals surface area contributed by atoms with Crippen LogP contribution in [-0.4, -0.2) is 4.98 Å². The van der Waals surface area contributed by atoms with Crippen molar-refractivity contribution in [1.29, 1.82) is 0 Å². The maximum Gasteiger partial charge on any atom is 0.238 e. The normalized spacial score (nSPS) is 10.4. The minimum absolute atomic E-state index is 0.144. The van der Waals surface area contributed by atoms with Gasteiger partial charge in [-0.25, -0.2) is 9.37 Å². The molecular formula is C12H9Cl2FN2O. The minimum atomic E-state index is -0.442. The molecule has 0 radical (unpaired) electrons. The molecule has 2 rings (SSSR count). The molecule has 0 aliphatic rings. The highest BCUT2D eigenvalue weighted by Crippen LogP contribution is 2.33. The Kier molecular flexibility index (Phi) is 4.01. The van der Waals surface area contributed by atoms with Crippen LogP contribution in [0.25, 0.3) is 0 Å². The smallest absolute Gasteiger partial charge is 0.238 e. The Balaban J connectivity index is 2.34. The number of aromatic nitrogens is 1. The summed E-state index contributed by atoms with van der Waals surface area (Å²) >= 11 is 11.9. The lowest BCUT2D eigenvalue weighted by molar-refractivity contribution is 0.461. The molecule has 6 heteroatoms. The summed E-state index contributed by atoms with van der Waals surface area (Å²) in [6, 6.07) is 5.49. The molecule has 0 aliphatic heterocycles. The van der Waals surface area contributed by atoms with E-state index in [0.29, 0.717) is 10.6 Å². The lowest BCUT2D eigenvalue weighted by Crippen LogP contribution is -1.99. The molecule has 1 aromatic carbocycles. The molecule has 2 N–H and O–H groups in total. The molecule has 1 aromatic heterocycles. The Morgan fingerprint density at radius 3 is 2.72 bits per heavy atom. The lowest BCUT2D eigenvalue weighted by atomic mass is 10.2. The summed E-state index contributed by atoms with van der Waals surface area (Å²) in [5.74, 6) is 0.0249. The average Bonchev–Trinajstić information content (AvgIpc) is 2.35. The van der Waals surface area contributed by atoms with E-state index in [4.69, 9.17) is 33.7 Å². The van der Waals surface area contributed by atoms with Gasteiger partial charge in [0.15, 0.2) is 0 Å². The number of ether oxygens (including phenoxy) is 1. The molecule has 2 aromatic rings. The van der Waals surface area contributed by atoms with Crippen LogP contribution in [0.3, 0.4) is 0 Å². The average molecular weight is 287 g/mol. The molecular weight excluding hydrogens is 278 g/mol. The summed E-state index contributed by atoms with van der Waals surface area (Å²) in [4.78, 5) is 3.98. The Labute approximate surface area is 113 Å².